The molecule has 0 aromatic heterocycles. The molecule has 158 valence electrons. The van der Waals surface area contributed by atoms with Crippen LogP contribution in [0.25, 0.3) is 0 Å². The van der Waals surface area contributed by atoms with Gasteiger partial charge in [-0.1, -0.05) is 12.1 Å². The molecule has 31 heavy (non-hydrogen) atoms. The Hall–Kier alpha value is -3.06. The standard InChI is InChI=1S/C24H22FN3O3/c1-12-5-10-16-20(13(12)2)26-23(31)24(16)19-18(17-4-3-11-27(17)24)21(29)28(22(19)30)15-8-6-14(25)7-9-15/h5-10,17-19H,3-4,11H2,1-2H3,(H,26,31)/t17-,18-,19-,24-/m0/s1. The van der Waals surface area contributed by atoms with Crippen LogP contribution < -0.4 is 10.2 Å². The Morgan fingerprint density at radius 3 is 2.52 bits per heavy atom. The second kappa shape index (κ2) is 6.01. The third kappa shape index (κ3) is 2.07. The van der Waals surface area contributed by atoms with Crippen molar-refractivity contribution in [2.75, 3.05) is 16.8 Å². The van der Waals surface area contributed by atoms with E-state index in [2.05, 4.69) is 10.2 Å². The largest absolute Gasteiger partial charge is 0.324 e. The lowest BCUT2D eigenvalue weighted by Gasteiger charge is -2.36. The van der Waals surface area contributed by atoms with Crippen LogP contribution in [-0.4, -0.2) is 35.2 Å². The lowest BCUT2D eigenvalue weighted by Crippen LogP contribution is -2.54. The number of carbonyl (C=O) groups is 3. The Morgan fingerprint density at radius 2 is 1.77 bits per heavy atom. The number of hydrogen-bond acceptors (Lipinski definition) is 4. The number of rotatable bonds is 1. The maximum Gasteiger partial charge on any atom is 0.250 e. The number of imide groups is 1. The van der Waals surface area contributed by atoms with E-state index in [1.165, 1.54) is 29.2 Å². The van der Waals surface area contributed by atoms with Gasteiger partial charge in [-0.15, -0.1) is 0 Å². The number of nitrogens with one attached hydrogen (secondary N) is 1. The normalized spacial score (nSPS) is 31.4. The van der Waals surface area contributed by atoms with Gasteiger partial charge in [0.15, 0.2) is 0 Å². The predicted octanol–water partition coefficient (Wildman–Crippen LogP) is 2.87. The van der Waals surface area contributed by atoms with Crippen LogP contribution in [0.15, 0.2) is 36.4 Å². The van der Waals surface area contributed by atoms with Crippen molar-refractivity contribution in [2.24, 2.45) is 11.8 Å². The first-order valence-electron chi connectivity index (χ1n) is 10.7. The Kier molecular flexibility index (Phi) is 3.62. The molecule has 3 amide bonds. The molecule has 3 saturated heterocycles. The number of benzene rings is 2. The van der Waals surface area contributed by atoms with Crippen LogP contribution in [-0.2, 0) is 19.9 Å². The molecular weight excluding hydrogens is 397 g/mol. The monoisotopic (exact) mass is 419 g/mol. The zero-order valence-electron chi connectivity index (χ0n) is 17.3. The number of amides is 3. The van der Waals surface area contributed by atoms with Crippen molar-refractivity contribution >= 4 is 29.1 Å². The molecule has 0 bridgehead atoms. The molecule has 0 radical (unpaired) electrons. The molecular formula is C24H22FN3O3. The minimum Gasteiger partial charge on any atom is -0.324 e. The van der Waals surface area contributed by atoms with Crippen molar-refractivity contribution < 1.29 is 18.8 Å². The van der Waals surface area contributed by atoms with Crippen molar-refractivity contribution in [3.05, 3.63) is 58.9 Å². The average Bonchev–Trinajstić information content (AvgIpc) is 3.45. The summed E-state index contributed by atoms with van der Waals surface area (Å²) in [4.78, 5) is 44.3. The summed E-state index contributed by atoms with van der Waals surface area (Å²) < 4.78 is 13.5. The molecule has 2 aromatic rings. The fourth-order valence-electron chi connectivity index (χ4n) is 6.36. The summed E-state index contributed by atoms with van der Waals surface area (Å²) in [5.74, 6) is -2.70. The van der Waals surface area contributed by atoms with Gasteiger partial charge in [-0.2, -0.15) is 0 Å². The summed E-state index contributed by atoms with van der Waals surface area (Å²) in [6.07, 6.45) is 1.65. The Morgan fingerprint density at radius 1 is 1.03 bits per heavy atom. The topological polar surface area (TPSA) is 69.7 Å². The van der Waals surface area contributed by atoms with Crippen LogP contribution in [0.2, 0.25) is 0 Å². The van der Waals surface area contributed by atoms with Crippen LogP contribution in [0, 0.1) is 31.5 Å². The number of anilines is 2. The third-order valence-electron chi connectivity index (χ3n) is 7.78. The van der Waals surface area contributed by atoms with E-state index in [0.29, 0.717) is 12.2 Å². The smallest absolute Gasteiger partial charge is 0.250 e. The number of carbonyl (C=O) groups excluding carboxylic acids is 3. The van der Waals surface area contributed by atoms with Gasteiger partial charge in [-0.25, -0.2) is 9.29 Å². The molecule has 3 fully saturated rings. The summed E-state index contributed by atoms with van der Waals surface area (Å²) >= 11 is 0. The van der Waals surface area contributed by atoms with Crippen molar-refractivity contribution in [3.63, 3.8) is 0 Å². The fraction of sp³-hybridized carbons (Fsp3) is 0.375. The number of aryl methyl sites for hydroxylation is 1. The average molecular weight is 419 g/mol. The van der Waals surface area contributed by atoms with Crippen molar-refractivity contribution in [1.29, 1.82) is 0 Å². The Bertz CT molecular complexity index is 1180. The third-order valence-corrected chi connectivity index (χ3v) is 7.78. The predicted molar refractivity (Wildman–Crippen MR) is 112 cm³/mol. The maximum atomic E-state index is 13.8. The molecule has 6 rings (SSSR count). The quantitative estimate of drug-likeness (QED) is 0.722. The molecule has 4 aliphatic rings. The molecule has 0 unspecified atom stereocenters. The highest BCUT2D eigenvalue weighted by Crippen LogP contribution is 2.61. The van der Waals surface area contributed by atoms with E-state index in [-0.39, 0.29) is 23.8 Å². The Balaban J connectivity index is 1.56. The molecule has 4 aliphatic heterocycles. The van der Waals surface area contributed by atoms with Crippen LogP contribution in [0.1, 0.15) is 29.5 Å². The zero-order chi connectivity index (χ0) is 21.7. The highest BCUT2D eigenvalue weighted by molar-refractivity contribution is 6.26. The van der Waals surface area contributed by atoms with Crippen molar-refractivity contribution in [2.45, 2.75) is 38.3 Å². The highest BCUT2D eigenvalue weighted by atomic mass is 19.1. The van der Waals surface area contributed by atoms with Crippen LogP contribution in [0.5, 0.6) is 0 Å². The van der Waals surface area contributed by atoms with Crippen LogP contribution in [0.3, 0.4) is 0 Å². The first kappa shape index (κ1) is 18.7. The SMILES string of the molecule is Cc1ccc2c(c1C)NC(=O)[C@@]21[C@@H]2C(=O)N(c3ccc(F)cc3)C(=O)[C@H]2[C@@H]2CCCN21. The van der Waals surface area contributed by atoms with E-state index in [0.717, 1.165) is 35.2 Å². The molecule has 7 heteroatoms. The van der Waals surface area contributed by atoms with Gasteiger partial charge in [0, 0.05) is 17.3 Å². The van der Waals surface area contributed by atoms with Gasteiger partial charge < -0.3 is 5.32 Å². The fourth-order valence-corrected chi connectivity index (χ4v) is 6.36. The van der Waals surface area contributed by atoms with E-state index in [1.54, 1.807) is 0 Å². The van der Waals surface area contributed by atoms with E-state index >= 15 is 0 Å². The molecule has 1 N–H and O–H groups in total. The molecule has 0 aliphatic carbocycles. The van der Waals surface area contributed by atoms with E-state index in [1.807, 2.05) is 26.0 Å². The summed E-state index contributed by atoms with van der Waals surface area (Å²) in [6, 6.07) is 9.13. The van der Waals surface area contributed by atoms with E-state index in [4.69, 9.17) is 0 Å². The molecule has 1 spiro atoms. The van der Waals surface area contributed by atoms with E-state index < -0.39 is 23.2 Å². The van der Waals surface area contributed by atoms with Crippen molar-refractivity contribution in [3.8, 4) is 0 Å². The second-order valence-corrected chi connectivity index (χ2v) is 9.05. The molecule has 2 aromatic carbocycles. The number of hydrogen-bond donors (Lipinski definition) is 1. The Labute approximate surface area is 179 Å². The summed E-state index contributed by atoms with van der Waals surface area (Å²) in [5.41, 5.74) is 2.77. The molecule has 4 atom stereocenters. The minimum absolute atomic E-state index is 0.162. The highest BCUT2D eigenvalue weighted by Gasteiger charge is 2.74. The first-order valence-corrected chi connectivity index (χ1v) is 10.7. The van der Waals surface area contributed by atoms with Gasteiger partial charge in [0.1, 0.15) is 11.4 Å². The van der Waals surface area contributed by atoms with Crippen molar-refractivity contribution in [1.82, 2.24) is 4.90 Å². The summed E-state index contributed by atoms with van der Waals surface area (Å²) in [6.45, 7) is 4.63. The van der Waals surface area contributed by atoms with Crippen LogP contribution >= 0.6 is 0 Å². The van der Waals surface area contributed by atoms with Crippen LogP contribution in [0.4, 0.5) is 15.8 Å². The van der Waals surface area contributed by atoms with Gasteiger partial charge in [-0.3, -0.25) is 19.3 Å². The number of nitrogens with zero attached hydrogens (tertiary/aromatic N) is 2. The molecule has 4 heterocycles. The summed E-state index contributed by atoms with van der Waals surface area (Å²) in [7, 11) is 0. The number of halogens is 1. The van der Waals surface area contributed by atoms with Gasteiger partial charge >= 0.3 is 0 Å². The second-order valence-electron chi connectivity index (χ2n) is 9.05. The van der Waals surface area contributed by atoms with Gasteiger partial charge in [0.05, 0.1) is 17.5 Å². The molecule has 6 nitrogen and oxygen atoms in total. The van der Waals surface area contributed by atoms with E-state index in [9.17, 15) is 18.8 Å². The lowest BCUT2D eigenvalue weighted by atomic mass is 9.75. The zero-order valence-corrected chi connectivity index (χ0v) is 17.3. The summed E-state index contributed by atoms with van der Waals surface area (Å²) in [5, 5.41) is 3.05. The van der Waals surface area contributed by atoms with Gasteiger partial charge in [0.2, 0.25) is 17.7 Å². The number of fused-ring (bicyclic) bond motifs is 7. The molecule has 0 saturated carbocycles. The maximum absolute atomic E-state index is 13.8. The lowest BCUT2D eigenvalue weighted by molar-refractivity contribution is -0.135. The minimum atomic E-state index is -1.18. The van der Waals surface area contributed by atoms with Gasteiger partial charge in [0.25, 0.3) is 0 Å². The van der Waals surface area contributed by atoms with Gasteiger partial charge in [-0.05, 0) is 68.6 Å². The first-order chi connectivity index (χ1) is 14.9.